The van der Waals surface area contributed by atoms with E-state index in [9.17, 15) is 9.59 Å². The number of fused-ring (bicyclic) bond motifs is 2. The number of carbonyl (C=O) groups excluding carboxylic acids is 1. The van der Waals surface area contributed by atoms with E-state index in [-0.39, 0.29) is 5.56 Å². The van der Waals surface area contributed by atoms with Crippen LogP contribution in [0.2, 0.25) is 0 Å². The molecule has 0 bridgehead atoms. The summed E-state index contributed by atoms with van der Waals surface area (Å²) in [5.74, 6) is 0.299. The summed E-state index contributed by atoms with van der Waals surface area (Å²) in [6.07, 6.45) is 1.32. The van der Waals surface area contributed by atoms with Crippen molar-refractivity contribution in [1.82, 2.24) is 14.6 Å². The summed E-state index contributed by atoms with van der Waals surface area (Å²) in [4.78, 5) is 35.0. The van der Waals surface area contributed by atoms with Gasteiger partial charge < -0.3 is 4.74 Å². The maximum atomic E-state index is 13.3. The van der Waals surface area contributed by atoms with E-state index in [0.29, 0.717) is 33.1 Å². The van der Waals surface area contributed by atoms with E-state index in [1.165, 1.54) is 6.33 Å². The van der Waals surface area contributed by atoms with Crippen LogP contribution in [0, 0.1) is 0 Å². The van der Waals surface area contributed by atoms with Gasteiger partial charge in [0.15, 0.2) is 0 Å². The predicted octanol–water partition coefficient (Wildman–Crippen LogP) is 4.00. The van der Waals surface area contributed by atoms with E-state index >= 15 is 0 Å². The number of hydrogen-bond donors (Lipinski definition) is 1. The smallest absolute Gasteiger partial charge is 0.280 e. The third-order valence-corrected chi connectivity index (χ3v) is 5.23. The Hall–Kier alpha value is -4.52. The summed E-state index contributed by atoms with van der Waals surface area (Å²) in [5, 5.41) is 1.11. The fourth-order valence-electron chi connectivity index (χ4n) is 3.59. The molecule has 7 heteroatoms. The second kappa shape index (κ2) is 7.96. The van der Waals surface area contributed by atoms with Gasteiger partial charge in [0.1, 0.15) is 12.1 Å². The predicted molar refractivity (Wildman–Crippen MR) is 123 cm³/mol. The van der Waals surface area contributed by atoms with Crippen molar-refractivity contribution in [2.24, 2.45) is 0 Å². The Kier molecular flexibility index (Phi) is 4.84. The number of pyridine rings is 1. The monoisotopic (exact) mass is 422 g/mol. The van der Waals surface area contributed by atoms with Gasteiger partial charge in [-0.25, -0.2) is 14.6 Å². The van der Waals surface area contributed by atoms with Crippen LogP contribution in [0.15, 0.2) is 90.0 Å². The molecule has 2 aromatic heterocycles. The van der Waals surface area contributed by atoms with Crippen molar-refractivity contribution in [3.05, 3.63) is 101 Å². The van der Waals surface area contributed by atoms with Crippen molar-refractivity contribution in [3.8, 4) is 17.0 Å². The minimum absolute atomic E-state index is 0.349. The zero-order chi connectivity index (χ0) is 22.1. The first-order chi connectivity index (χ1) is 15.6. The standard InChI is InChI=1S/C25H18N4O3/c1-32-17-12-10-16(11-13-17)23-14-20(18-6-2-5-9-22(18)27-23)24(30)28-29-15-26-21-8-4-3-7-19(21)25(29)31/h2-15H,1H3,(H,28,30). The van der Waals surface area contributed by atoms with Crippen LogP contribution < -0.4 is 15.7 Å². The number of methoxy groups -OCH3 is 1. The number of carbonyl (C=O) groups is 1. The molecule has 0 atom stereocenters. The highest BCUT2D eigenvalue weighted by Gasteiger charge is 2.15. The summed E-state index contributed by atoms with van der Waals surface area (Å²) in [6.45, 7) is 0. The fraction of sp³-hybridized carbons (Fsp3) is 0.0400. The van der Waals surface area contributed by atoms with Crippen molar-refractivity contribution in [2.45, 2.75) is 0 Å². The molecule has 7 nitrogen and oxygen atoms in total. The molecule has 0 aliphatic heterocycles. The van der Waals surface area contributed by atoms with Gasteiger partial charge in [-0.05, 0) is 48.5 Å². The quantitative estimate of drug-likeness (QED) is 0.473. The van der Waals surface area contributed by atoms with Gasteiger partial charge in [-0.3, -0.25) is 15.0 Å². The Morgan fingerprint density at radius 2 is 1.59 bits per heavy atom. The van der Waals surface area contributed by atoms with E-state index in [4.69, 9.17) is 9.72 Å². The van der Waals surface area contributed by atoms with Crippen LogP contribution in [-0.2, 0) is 0 Å². The molecule has 5 aromatic rings. The van der Waals surface area contributed by atoms with Gasteiger partial charge in [0, 0.05) is 10.9 Å². The lowest BCUT2D eigenvalue weighted by molar-refractivity contribution is 0.101. The zero-order valence-corrected chi connectivity index (χ0v) is 17.1. The molecule has 0 aliphatic carbocycles. The lowest BCUT2D eigenvalue weighted by Crippen LogP contribution is -2.33. The number of ether oxygens (including phenoxy) is 1. The molecule has 0 unspecified atom stereocenters. The largest absolute Gasteiger partial charge is 0.497 e. The van der Waals surface area contributed by atoms with Crippen molar-refractivity contribution in [1.29, 1.82) is 0 Å². The first-order valence-corrected chi connectivity index (χ1v) is 9.96. The molecule has 0 spiro atoms. The molecule has 0 saturated heterocycles. The molecule has 5 rings (SSSR count). The number of aromatic nitrogens is 3. The maximum absolute atomic E-state index is 13.3. The molecule has 0 saturated carbocycles. The Bertz CT molecular complexity index is 1520. The van der Waals surface area contributed by atoms with Crippen LogP contribution in [-0.4, -0.2) is 27.7 Å². The van der Waals surface area contributed by atoms with Gasteiger partial charge in [0.2, 0.25) is 0 Å². The summed E-state index contributed by atoms with van der Waals surface area (Å²) < 4.78 is 6.33. The molecular formula is C25H18N4O3. The number of rotatable bonds is 4. The second-order valence-electron chi connectivity index (χ2n) is 7.18. The van der Waals surface area contributed by atoms with Crippen molar-refractivity contribution < 1.29 is 9.53 Å². The van der Waals surface area contributed by atoms with Crippen LogP contribution in [0.3, 0.4) is 0 Å². The summed E-state index contributed by atoms with van der Waals surface area (Å²) >= 11 is 0. The molecule has 2 heterocycles. The number of benzene rings is 3. The van der Waals surface area contributed by atoms with Crippen LogP contribution in [0.1, 0.15) is 10.4 Å². The van der Waals surface area contributed by atoms with Gasteiger partial charge in [-0.2, -0.15) is 0 Å². The SMILES string of the molecule is COc1ccc(-c2cc(C(=O)Nn3cnc4ccccc4c3=O)c3ccccc3n2)cc1. The third kappa shape index (κ3) is 3.45. The topological polar surface area (TPSA) is 86.1 Å². The first kappa shape index (κ1) is 19.4. The van der Waals surface area contributed by atoms with Crippen LogP contribution in [0.5, 0.6) is 5.75 Å². The summed E-state index contributed by atoms with van der Waals surface area (Å²) in [5.41, 5.74) is 5.44. The highest BCUT2D eigenvalue weighted by molar-refractivity contribution is 6.10. The molecule has 0 fully saturated rings. The molecule has 3 aromatic carbocycles. The molecule has 32 heavy (non-hydrogen) atoms. The van der Waals surface area contributed by atoms with Gasteiger partial charge in [0.05, 0.1) is 34.8 Å². The summed E-state index contributed by atoms with van der Waals surface area (Å²) in [6, 6.07) is 23.6. The Morgan fingerprint density at radius 3 is 2.34 bits per heavy atom. The average molecular weight is 422 g/mol. The molecule has 0 radical (unpaired) electrons. The Morgan fingerprint density at radius 1 is 0.906 bits per heavy atom. The van der Waals surface area contributed by atoms with E-state index in [0.717, 1.165) is 16.0 Å². The highest BCUT2D eigenvalue weighted by atomic mass is 16.5. The number of nitrogens with one attached hydrogen (secondary N) is 1. The van der Waals surface area contributed by atoms with Gasteiger partial charge in [-0.15, -0.1) is 0 Å². The van der Waals surface area contributed by atoms with Crippen molar-refractivity contribution in [3.63, 3.8) is 0 Å². The Balaban J connectivity index is 1.59. The maximum Gasteiger partial charge on any atom is 0.280 e. The molecule has 1 amide bonds. The molecule has 1 N–H and O–H groups in total. The Labute approximate surface area is 182 Å². The van der Waals surface area contributed by atoms with E-state index in [2.05, 4.69) is 10.4 Å². The average Bonchev–Trinajstić information content (AvgIpc) is 2.85. The second-order valence-corrected chi connectivity index (χ2v) is 7.18. The van der Waals surface area contributed by atoms with Crippen LogP contribution >= 0.6 is 0 Å². The normalized spacial score (nSPS) is 10.9. The minimum atomic E-state index is -0.433. The number of amides is 1. The number of hydrogen-bond acceptors (Lipinski definition) is 5. The summed E-state index contributed by atoms with van der Waals surface area (Å²) in [7, 11) is 1.61. The minimum Gasteiger partial charge on any atom is -0.497 e. The van der Waals surface area contributed by atoms with Crippen molar-refractivity contribution in [2.75, 3.05) is 12.5 Å². The van der Waals surface area contributed by atoms with Gasteiger partial charge >= 0.3 is 0 Å². The lowest BCUT2D eigenvalue weighted by atomic mass is 10.0. The zero-order valence-electron chi connectivity index (χ0n) is 17.1. The van der Waals surface area contributed by atoms with Gasteiger partial charge in [-0.1, -0.05) is 30.3 Å². The van der Waals surface area contributed by atoms with Gasteiger partial charge in [0.25, 0.3) is 11.5 Å². The van der Waals surface area contributed by atoms with Crippen LogP contribution in [0.25, 0.3) is 33.1 Å². The number of nitrogens with zero attached hydrogens (tertiary/aromatic N) is 3. The molecule has 156 valence electrons. The van der Waals surface area contributed by atoms with E-state index in [1.807, 2.05) is 54.6 Å². The first-order valence-electron chi connectivity index (χ1n) is 9.96. The van der Waals surface area contributed by atoms with Crippen LogP contribution in [0.4, 0.5) is 0 Å². The number of para-hydroxylation sites is 2. The highest BCUT2D eigenvalue weighted by Crippen LogP contribution is 2.26. The van der Waals surface area contributed by atoms with Crippen molar-refractivity contribution >= 4 is 27.7 Å². The fourth-order valence-corrected chi connectivity index (χ4v) is 3.59. The molecular weight excluding hydrogens is 404 g/mol. The third-order valence-electron chi connectivity index (χ3n) is 5.23. The molecule has 0 aliphatic rings. The van der Waals surface area contributed by atoms with E-state index < -0.39 is 5.91 Å². The van der Waals surface area contributed by atoms with E-state index in [1.54, 1.807) is 31.4 Å². The lowest BCUT2D eigenvalue weighted by Gasteiger charge is -2.12.